The van der Waals surface area contributed by atoms with E-state index in [0.29, 0.717) is 30.4 Å². The molecule has 0 aliphatic rings. The molecule has 0 fully saturated rings. The van der Waals surface area contributed by atoms with Crippen LogP contribution in [0.1, 0.15) is 18.9 Å². The summed E-state index contributed by atoms with van der Waals surface area (Å²) in [6.45, 7) is 3.75. The van der Waals surface area contributed by atoms with E-state index in [1.165, 1.54) is 0 Å². The Balaban J connectivity index is 1.86. The zero-order chi connectivity index (χ0) is 19.5. The lowest BCUT2D eigenvalue weighted by molar-refractivity contribution is 0.414. The average molecular weight is 390 g/mol. The Bertz CT molecular complexity index is 837. The summed E-state index contributed by atoms with van der Waals surface area (Å²) in [5, 5.41) is 6.36. The number of hydrogen-bond acceptors (Lipinski definition) is 4. The quantitative estimate of drug-likeness (QED) is 0.391. The number of rotatable bonds is 9. The molecule has 2 aromatic rings. The van der Waals surface area contributed by atoms with Crippen molar-refractivity contribution in [3.8, 4) is 5.75 Å². The van der Waals surface area contributed by atoms with Gasteiger partial charge in [-0.15, -0.1) is 0 Å². The highest BCUT2D eigenvalue weighted by Gasteiger charge is 2.13. The minimum Gasteiger partial charge on any atom is -0.497 e. The molecule has 6 nitrogen and oxygen atoms in total. The average Bonchev–Trinajstić information content (AvgIpc) is 2.70. The first kappa shape index (κ1) is 20.8. The van der Waals surface area contributed by atoms with Crippen LogP contribution in [0.5, 0.6) is 5.75 Å². The maximum atomic E-state index is 12.3. The predicted octanol–water partition coefficient (Wildman–Crippen LogP) is 2.61. The highest BCUT2D eigenvalue weighted by atomic mass is 32.2. The first-order chi connectivity index (χ1) is 13.0. The number of sulfone groups is 1. The molecular formula is C20H27N3O3S. The zero-order valence-electron chi connectivity index (χ0n) is 15.8. The highest BCUT2D eigenvalue weighted by molar-refractivity contribution is 7.91. The van der Waals surface area contributed by atoms with Gasteiger partial charge in [0, 0.05) is 13.1 Å². The van der Waals surface area contributed by atoms with Gasteiger partial charge >= 0.3 is 0 Å². The number of nitrogens with one attached hydrogen (secondary N) is 2. The summed E-state index contributed by atoms with van der Waals surface area (Å²) in [6.07, 6.45) is 0.501. The van der Waals surface area contributed by atoms with Gasteiger partial charge in [0.1, 0.15) is 5.75 Å². The first-order valence-corrected chi connectivity index (χ1v) is 10.6. The number of guanidine groups is 1. The largest absolute Gasteiger partial charge is 0.497 e. The van der Waals surface area contributed by atoms with E-state index in [4.69, 9.17) is 4.74 Å². The summed E-state index contributed by atoms with van der Waals surface area (Å²) in [6, 6.07) is 16.3. The highest BCUT2D eigenvalue weighted by Crippen LogP contribution is 2.13. The molecule has 0 amide bonds. The maximum Gasteiger partial charge on any atom is 0.191 e. The third-order valence-electron chi connectivity index (χ3n) is 3.88. The molecule has 0 spiro atoms. The second-order valence-corrected chi connectivity index (χ2v) is 8.07. The predicted molar refractivity (Wildman–Crippen MR) is 109 cm³/mol. The molecule has 0 saturated carbocycles. The third kappa shape index (κ3) is 6.94. The van der Waals surface area contributed by atoms with Crippen molar-refractivity contribution in [1.82, 2.24) is 10.6 Å². The van der Waals surface area contributed by atoms with Crippen molar-refractivity contribution in [3.63, 3.8) is 0 Å². The van der Waals surface area contributed by atoms with Crippen LogP contribution in [-0.4, -0.2) is 40.3 Å². The molecule has 27 heavy (non-hydrogen) atoms. The summed E-state index contributed by atoms with van der Waals surface area (Å²) < 4.78 is 29.8. The van der Waals surface area contributed by atoms with Gasteiger partial charge in [0.25, 0.3) is 0 Å². The van der Waals surface area contributed by atoms with E-state index in [2.05, 4.69) is 15.6 Å². The maximum absolute atomic E-state index is 12.3. The van der Waals surface area contributed by atoms with Crippen LogP contribution in [0.4, 0.5) is 0 Å². The van der Waals surface area contributed by atoms with Crippen LogP contribution in [0.25, 0.3) is 0 Å². The Hall–Kier alpha value is -2.54. The van der Waals surface area contributed by atoms with Crippen molar-refractivity contribution >= 4 is 15.8 Å². The lowest BCUT2D eigenvalue weighted by Gasteiger charge is -2.11. The van der Waals surface area contributed by atoms with Gasteiger partial charge in [-0.25, -0.2) is 13.4 Å². The summed E-state index contributed by atoms with van der Waals surface area (Å²) in [5.41, 5.74) is 1.04. The van der Waals surface area contributed by atoms with E-state index < -0.39 is 9.84 Å². The summed E-state index contributed by atoms with van der Waals surface area (Å²) >= 11 is 0. The number of aliphatic imine (C=N–C) groups is 1. The Morgan fingerprint density at radius 3 is 2.56 bits per heavy atom. The summed E-state index contributed by atoms with van der Waals surface area (Å²) in [4.78, 5) is 4.91. The van der Waals surface area contributed by atoms with Crippen molar-refractivity contribution in [1.29, 1.82) is 0 Å². The second kappa shape index (κ2) is 10.6. The van der Waals surface area contributed by atoms with Crippen LogP contribution >= 0.6 is 0 Å². The first-order valence-electron chi connectivity index (χ1n) is 8.98. The third-order valence-corrected chi connectivity index (χ3v) is 5.70. The van der Waals surface area contributed by atoms with Crippen LogP contribution in [-0.2, 0) is 16.4 Å². The Morgan fingerprint density at radius 1 is 1.07 bits per heavy atom. The van der Waals surface area contributed by atoms with E-state index in [-0.39, 0.29) is 5.75 Å². The van der Waals surface area contributed by atoms with E-state index in [9.17, 15) is 8.42 Å². The Kier molecular flexibility index (Phi) is 8.13. The van der Waals surface area contributed by atoms with Gasteiger partial charge in [0.05, 0.1) is 24.3 Å². The second-order valence-electron chi connectivity index (χ2n) is 5.96. The van der Waals surface area contributed by atoms with Gasteiger partial charge < -0.3 is 15.4 Å². The molecule has 2 rings (SSSR count). The van der Waals surface area contributed by atoms with E-state index in [1.807, 2.05) is 37.3 Å². The summed E-state index contributed by atoms with van der Waals surface area (Å²) in [5.74, 6) is 1.56. The van der Waals surface area contributed by atoms with Crippen LogP contribution < -0.4 is 15.4 Å². The Labute approximate surface area is 161 Å². The Morgan fingerprint density at radius 2 is 1.85 bits per heavy atom. The molecule has 0 aliphatic heterocycles. The van der Waals surface area contributed by atoms with Gasteiger partial charge in [0.2, 0.25) is 0 Å². The number of hydrogen-bond donors (Lipinski definition) is 2. The van der Waals surface area contributed by atoms with E-state index in [1.54, 1.807) is 31.4 Å². The van der Waals surface area contributed by atoms with Gasteiger partial charge in [-0.1, -0.05) is 30.3 Å². The molecule has 2 aromatic carbocycles. The van der Waals surface area contributed by atoms with Crippen molar-refractivity contribution < 1.29 is 13.2 Å². The number of nitrogens with zero attached hydrogens (tertiary/aromatic N) is 1. The molecule has 0 bridgehead atoms. The molecule has 0 unspecified atom stereocenters. The molecule has 0 atom stereocenters. The fraction of sp³-hybridized carbons (Fsp3) is 0.350. The minimum absolute atomic E-state index is 0.0965. The smallest absolute Gasteiger partial charge is 0.191 e. The minimum atomic E-state index is -3.25. The molecular weight excluding hydrogens is 362 g/mol. The topological polar surface area (TPSA) is 79.8 Å². The number of methoxy groups -OCH3 is 1. The van der Waals surface area contributed by atoms with Gasteiger partial charge in [-0.05, 0) is 43.2 Å². The lowest BCUT2D eigenvalue weighted by atomic mass is 10.2. The van der Waals surface area contributed by atoms with Crippen LogP contribution in [0.15, 0.2) is 64.5 Å². The van der Waals surface area contributed by atoms with Crippen molar-refractivity contribution in [2.75, 3.05) is 26.0 Å². The van der Waals surface area contributed by atoms with Crippen LogP contribution in [0.3, 0.4) is 0 Å². The number of benzene rings is 2. The molecule has 2 N–H and O–H groups in total. The lowest BCUT2D eigenvalue weighted by Crippen LogP contribution is -2.38. The van der Waals surface area contributed by atoms with Crippen molar-refractivity contribution in [2.45, 2.75) is 24.8 Å². The van der Waals surface area contributed by atoms with E-state index >= 15 is 0 Å². The van der Waals surface area contributed by atoms with Gasteiger partial charge in [0.15, 0.2) is 15.8 Å². The molecule has 7 heteroatoms. The summed E-state index contributed by atoms with van der Waals surface area (Å²) in [7, 11) is -1.61. The van der Waals surface area contributed by atoms with Crippen LogP contribution in [0, 0.1) is 0 Å². The molecule has 0 aliphatic carbocycles. The normalized spacial score (nSPS) is 11.9. The van der Waals surface area contributed by atoms with Crippen molar-refractivity contribution in [3.05, 3.63) is 60.2 Å². The molecule has 0 radical (unpaired) electrons. The fourth-order valence-electron chi connectivity index (χ4n) is 2.50. The van der Waals surface area contributed by atoms with Crippen LogP contribution in [0.2, 0.25) is 0 Å². The number of ether oxygens (including phenoxy) is 1. The van der Waals surface area contributed by atoms with Gasteiger partial charge in [-0.2, -0.15) is 0 Å². The molecule has 0 heterocycles. The monoisotopic (exact) mass is 389 g/mol. The van der Waals surface area contributed by atoms with E-state index in [0.717, 1.165) is 17.9 Å². The molecule has 146 valence electrons. The standard InChI is InChI=1S/C20H27N3O3S/c1-3-21-20(23-16-17-9-7-10-18(15-17)26-2)22-13-8-14-27(24,25)19-11-5-4-6-12-19/h4-7,9-12,15H,3,8,13-14,16H2,1-2H3,(H2,21,22,23). The van der Waals surface area contributed by atoms with Crippen molar-refractivity contribution in [2.24, 2.45) is 4.99 Å². The molecule has 0 aromatic heterocycles. The fourth-order valence-corrected chi connectivity index (χ4v) is 3.83. The SMILES string of the molecule is CCNC(=NCc1cccc(OC)c1)NCCCS(=O)(=O)c1ccccc1. The van der Waals surface area contributed by atoms with Gasteiger partial charge in [-0.3, -0.25) is 0 Å². The zero-order valence-corrected chi connectivity index (χ0v) is 16.6. The molecule has 0 saturated heterocycles.